The van der Waals surface area contributed by atoms with Gasteiger partial charge >= 0.3 is 0 Å². The number of benzene rings is 1. The molecule has 0 aromatic heterocycles. The van der Waals surface area contributed by atoms with Gasteiger partial charge in [-0.05, 0) is 51.3 Å². The number of aliphatic hydroxyl groups is 1. The molecule has 1 aliphatic rings. The van der Waals surface area contributed by atoms with Crippen LogP contribution in [0, 0.1) is 20.8 Å². The highest BCUT2D eigenvalue weighted by Crippen LogP contribution is 2.20. The molecule has 1 unspecified atom stereocenters. The smallest absolute Gasteiger partial charge is 0.177 e. The number of hydrogen-bond donors (Lipinski definition) is 1. The van der Waals surface area contributed by atoms with E-state index in [0.717, 1.165) is 42.5 Å². The Hall–Kier alpha value is -1.19. The van der Waals surface area contributed by atoms with E-state index >= 15 is 0 Å². The molecule has 20 heavy (non-hydrogen) atoms. The van der Waals surface area contributed by atoms with E-state index in [2.05, 4.69) is 24.0 Å². The fourth-order valence-electron chi connectivity index (χ4n) is 3.36. The molecule has 0 radical (unpaired) electrons. The maximum Gasteiger partial charge on any atom is 0.177 e. The van der Waals surface area contributed by atoms with Gasteiger partial charge in [0.25, 0.3) is 0 Å². The molecule has 1 aromatic rings. The van der Waals surface area contributed by atoms with Crippen LogP contribution in [0.15, 0.2) is 12.1 Å². The van der Waals surface area contributed by atoms with Crippen LogP contribution >= 0.6 is 0 Å². The molecule has 1 N–H and O–H groups in total. The number of nitrogens with zero attached hydrogens (tertiary/aromatic N) is 1. The second kappa shape index (κ2) is 6.51. The number of ketones is 1. The van der Waals surface area contributed by atoms with E-state index in [1.807, 2.05) is 13.8 Å². The van der Waals surface area contributed by atoms with Gasteiger partial charge in [-0.3, -0.25) is 9.69 Å². The van der Waals surface area contributed by atoms with Crippen molar-refractivity contribution < 1.29 is 9.90 Å². The molecular weight excluding hydrogens is 250 g/mol. The average Bonchev–Trinajstić information content (AvgIpc) is 2.38. The van der Waals surface area contributed by atoms with E-state index in [4.69, 9.17) is 0 Å². The predicted molar refractivity (Wildman–Crippen MR) is 81.3 cm³/mol. The summed E-state index contributed by atoms with van der Waals surface area (Å²) in [6.45, 7) is 7.57. The molecule has 0 spiro atoms. The summed E-state index contributed by atoms with van der Waals surface area (Å²) in [6, 6.07) is 4.29. The van der Waals surface area contributed by atoms with Gasteiger partial charge in [-0.15, -0.1) is 0 Å². The largest absolute Gasteiger partial charge is 0.395 e. The third kappa shape index (κ3) is 3.28. The fourth-order valence-corrected chi connectivity index (χ4v) is 3.36. The van der Waals surface area contributed by atoms with Crippen molar-refractivity contribution in [1.82, 2.24) is 4.90 Å². The Bertz CT molecular complexity index is 473. The zero-order valence-electron chi connectivity index (χ0n) is 12.8. The van der Waals surface area contributed by atoms with Crippen molar-refractivity contribution >= 4 is 5.78 Å². The van der Waals surface area contributed by atoms with Crippen LogP contribution in [0.1, 0.15) is 46.3 Å². The zero-order chi connectivity index (χ0) is 14.7. The first-order valence-corrected chi connectivity index (χ1v) is 7.49. The van der Waals surface area contributed by atoms with Gasteiger partial charge in [-0.1, -0.05) is 24.1 Å². The molecular formula is C17H25NO2. The van der Waals surface area contributed by atoms with Crippen LogP contribution < -0.4 is 0 Å². The lowest BCUT2D eigenvalue weighted by Crippen LogP contribution is -2.44. The van der Waals surface area contributed by atoms with E-state index in [0.29, 0.717) is 6.54 Å². The molecule has 2 rings (SSSR count). The number of hydrogen-bond acceptors (Lipinski definition) is 3. The first-order valence-electron chi connectivity index (χ1n) is 7.49. The fraction of sp³-hybridized carbons (Fsp3) is 0.588. The molecule has 0 amide bonds. The summed E-state index contributed by atoms with van der Waals surface area (Å²) in [4.78, 5) is 14.7. The van der Waals surface area contributed by atoms with Gasteiger partial charge in [-0.2, -0.15) is 0 Å². The van der Waals surface area contributed by atoms with E-state index in [1.54, 1.807) is 0 Å². The number of aliphatic hydroxyl groups excluding tert-OH is 1. The van der Waals surface area contributed by atoms with Crippen molar-refractivity contribution in [3.8, 4) is 0 Å². The summed E-state index contributed by atoms with van der Waals surface area (Å²) >= 11 is 0. The molecule has 3 nitrogen and oxygen atoms in total. The Balaban J connectivity index is 2.16. The Kier molecular flexibility index (Phi) is 4.95. The van der Waals surface area contributed by atoms with Crippen molar-refractivity contribution in [2.24, 2.45) is 0 Å². The lowest BCUT2D eigenvalue weighted by molar-refractivity contribution is 0.0710. The Morgan fingerprint density at radius 2 is 1.90 bits per heavy atom. The number of aryl methyl sites for hydroxylation is 3. The third-order valence-electron chi connectivity index (χ3n) is 4.26. The maximum absolute atomic E-state index is 12.6. The molecule has 0 aliphatic carbocycles. The number of carbonyl (C=O) groups excluding carboxylic acids is 1. The van der Waals surface area contributed by atoms with E-state index in [9.17, 15) is 9.90 Å². The number of carbonyl (C=O) groups is 1. The number of likely N-dealkylation sites (tertiary alicyclic amines) is 1. The second-order valence-electron chi connectivity index (χ2n) is 6.00. The molecule has 3 heteroatoms. The molecule has 0 bridgehead atoms. The van der Waals surface area contributed by atoms with Crippen LogP contribution in [0.2, 0.25) is 0 Å². The minimum atomic E-state index is 0.152. The summed E-state index contributed by atoms with van der Waals surface area (Å²) < 4.78 is 0. The van der Waals surface area contributed by atoms with Crippen molar-refractivity contribution in [3.05, 3.63) is 34.4 Å². The van der Waals surface area contributed by atoms with Crippen LogP contribution in [0.25, 0.3) is 0 Å². The first-order chi connectivity index (χ1) is 9.52. The van der Waals surface area contributed by atoms with Crippen LogP contribution in [0.4, 0.5) is 0 Å². The molecule has 1 aliphatic heterocycles. The number of rotatable bonds is 4. The number of Topliss-reactive ketones (excluding diaryl/α,β-unsaturated/α-hetero) is 1. The van der Waals surface area contributed by atoms with Gasteiger partial charge in [0.15, 0.2) is 5.78 Å². The van der Waals surface area contributed by atoms with Crippen LogP contribution in [-0.4, -0.2) is 41.5 Å². The third-order valence-corrected chi connectivity index (χ3v) is 4.26. The van der Waals surface area contributed by atoms with Crippen molar-refractivity contribution in [2.75, 3.05) is 19.7 Å². The minimum Gasteiger partial charge on any atom is -0.395 e. The molecule has 1 saturated heterocycles. The summed E-state index contributed by atoms with van der Waals surface area (Å²) in [5.74, 6) is 0.181. The highest BCUT2D eigenvalue weighted by atomic mass is 16.3. The summed E-state index contributed by atoms with van der Waals surface area (Å²) in [5, 5.41) is 9.44. The highest BCUT2D eigenvalue weighted by molar-refractivity contribution is 6.00. The van der Waals surface area contributed by atoms with E-state index < -0.39 is 0 Å². The normalized spacial score (nSPS) is 20.1. The quantitative estimate of drug-likeness (QED) is 0.859. The highest BCUT2D eigenvalue weighted by Gasteiger charge is 2.25. The molecule has 1 aromatic carbocycles. The van der Waals surface area contributed by atoms with Crippen molar-refractivity contribution in [1.29, 1.82) is 0 Å². The summed E-state index contributed by atoms with van der Waals surface area (Å²) in [7, 11) is 0. The standard InChI is InChI=1S/C17H25NO2/c1-12-8-13(2)17(14(3)9-12)16(20)10-18-7-5-4-6-15(18)11-19/h8-9,15,19H,4-7,10-11H2,1-3H3. The Morgan fingerprint density at radius 1 is 1.25 bits per heavy atom. The molecule has 1 atom stereocenters. The lowest BCUT2D eigenvalue weighted by Gasteiger charge is -2.34. The van der Waals surface area contributed by atoms with E-state index in [1.165, 1.54) is 5.56 Å². The van der Waals surface area contributed by atoms with Gasteiger partial charge in [0.05, 0.1) is 13.2 Å². The predicted octanol–water partition coefficient (Wildman–Crippen LogP) is 2.64. The number of piperidine rings is 1. The monoisotopic (exact) mass is 275 g/mol. The van der Waals surface area contributed by atoms with Gasteiger partial charge in [0.1, 0.15) is 0 Å². The van der Waals surface area contributed by atoms with Crippen LogP contribution in [0.3, 0.4) is 0 Å². The Labute approximate surface area is 121 Å². The van der Waals surface area contributed by atoms with Crippen molar-refractivity contribution in [2.45, 2.75) is 46.1 Å². The van der Waals surface area contributed by atoms with Gasteiger partial charge in [0, 0.05) is 11.6 Å². The minimum absolute atomic E-state index is 0.152. The summed E-state index contributed by atoms with van der Waals surface area (Å²) in [6.07, 6.45) is 3.27. The summed E-state index contributed by atoms with van der Waals surface area (Å²) in [5.41, 5.74) is 4.18. The Morgan fingerprint density at radius 3 is 2.50 bits per heavy atom. The van der Waals surface area contributed by atoms with E-state index in [-0.39, 0.29) is 18.4 Å². The molecule has 110 valence electrons. The molecule has 1 heterocycles. The van der Waals surface area contributed by atoms with Crippen molar-refractivity contribution in [3.63, 3.8) is 0 Å². The van der Waals surface area contributed by atoms with Gasteiger partial charge in [-0.25, -0.2) is 0 Å². The topological polar surface area (TPSA) is 40.5 Å². The molecule has 1 fully saturated rings. The van der Waals surface area contributed by atoms with Crippen LogP contribution in [0.5, 0.6) is 0 Å². The average molecular weight is 275 g/mol. The SMILES string of the molecule is Cc1cc(C)c(C(=O)CN2CCCCC2CO)c(C)c1. The maximum atomic E-state index is 12.6. The molecule has 0 saturated carbocycles. The van der Waals surface area contributed by atoms with Crippen LogP contribution in [-0.2, 0) is 0 Å². The first kappa shape index (κ1) is 15.2. The lowest BCUT2D eigenvalue weighted by atomic mass is 9.95. The zero-order valence-corrected chi connectivity index (χ0v) is 12.8. The second-order valence-corrected chi connectivity index (χ2v) is 6.00. The van der Waals surface area contributed by atoms with Gasteiger partial charge < -0.3 is 5.11 Å². The van der Waals surface area contributed by atoms with Gasteiger partial charge in [0.2, 0.25) is 0 Å².